The molecule has 2 fully saturated rings. The lowest BCUT2D eigenvalue weighted by Crippen LogP contribution is -2.50. The van der Waals surface area contributed by atoms with E-state index in [9.17, 15) is 13.2 Å². The molecule has 134 valence electrons. The summed E-state index contributed by atoms with van der Waals surface area (Å²) in [4.78, 5) is 17.3. The van der Waals surface area contributed by atoms with Crippen molar-refractivity contribution in [2.75, 3.05) is 18.8 Å². The number of allylic oxidation sites excluding steroid dienone is 1. The van der Waals surface area contributed by atoms with E-state index in [2.05, 4.69) is 11.9 Å². The van der Waals surface area contributed by atoms with Crippen LogP contribution in [0.4, 0.5) is 0 Å². The number of carbonyl (C=O) groups is 1. The van der Waals surface area contributed by atoms with Crippen LogP contribution >= 0.6 is 0 Å². The van der Waals surface area contributed by atoms with Crippen molar-refractivity contribution in [2.45, 2.75) is 56.9 Å². The van der Waals surface area contributed by atoms with Crippen LogP contribution in [0.25, 0.3) is 0 Å². The topological polar surface area (TPSA) is 78.8 Å². The summed E-state index contributed by atoms with van der Waals surface area (Å²) in [5.41, 5.74) is -0.739. The molecule has 24 heavy (non-hydrogen) atoms. The molecule has 0 radical (unpaired) electrons. The van der Waals surface area contributed by atoms with E-state index in [0.717, 1.165) is 18.7 Å². The maximum Gasteiger partial charge on any atom is 0.253 e. The van der Waals surface area contributed by atoms with E-state index in [0.29, 0.717) is 38.3 Å². The quantitative estimate of drug-likeness (QED) is 0.766. The first kappa shape index (κ1) is 17.6. The Bertz CT molecular complexity index is 627. The molecule has 7 heteroatoms. The Kier molecular flexibility index (Phi) is 5.11. The third-order valence-electron chi connectivity index (χ3n) is 5.51. The van der Waals surface area contributed by atoms with Crippen LogP contribution in [0.15, 0.2) is 17.6 Å². The van der Waals surface area contributed by atoms with E-state index in [1.165, 1.54) is 23.6 Å². The molecule has 1 spiro atoms. The van der Waals surface area contributed by atoms with Gasteiger partial charge < -0.3 is 5.32 Å². The van der Waals surface area contributed by atoms with E-state index < -0.39 is 15.6 Å². The molecule has 1 aliphatic carbocycles. The molecule has 2 aliphatic heterocycles. The van der Waals surface area contributed by atoms with Gasteiger partial charge >= 0.3 is 0 Å². The molecular weight excluding hydrogens is 326 g/mol. The van der Waals surface area contributed by atoms with Crippen molar-refractivity contribution in [3.63, 3.8) is 0 Å². The first-order valence-corrected chi connectivity index (χ1v) is 10.6. The van der Waals surface area contributed by atoms with Gasteiger partial charge in [0.05, 0.1) is 5.75 Å². The fourth-order valence-corrected chi connectivity index (χ4v) is 5.41. The molecule has 0 atom stereocenters. The zero-order chi connectivity index (χ0) is 17.2. The predicted octanol–water partition coefficient (Wildman–Crippen LogP) is 1.84. The summed E-state index contributed by atoms with van der Waals surface area (Å²) in [6, 6.07) is 0. The fourth-order valence-electron chi connectivity index (χ4n) is 3.95. The van der Waals surface area contributed by atoms with Crippen molar-refractivity contribution in [3.8, 4) is 0 Å². The number of rotatable bonds is 5. The molecule has 2 heterocycles. The minimum atomic E-state index is -3.26. The Hall–Kier alpha value is -1.21. The van der Waals surface area contributed by atoms with E-state index in [1.807, 2.05) is 0 Å². The zero-order valence-electron chi connectivity index (χ0n) is 14.2. The highest BCUT2D eigenvalue weighted by molar-refractivity contribution is 7.89. The SMILES string of the molecule is C=CCCS(=O)(=O)N1CCC2(CC1)N=C(C1CCCCC1)NC2=O. The highest BCUT2D eigenvalue weighted by Crippen LogP contribution is 2.34. The summed E-state index contributed by atoms with van der Waals surface area (Å²) >= 11 is 0. The largest absolute Gasteiger partial charge is 0.312 e. The number of nitrogens with one attached hydrogen (secondary N) is 1. The minimum Gasteiger partial charge on any atom is -0.312 e. The van der Waals surface area contributed by atoms with Crippen molar-refractivity contribution in [2.24, 2.45) is 10.9 Å². The summed E-state index contributed by atoms with van der Waals surface area (Å²) in [6.45, 7) is 4.31. The summed E-state index contributed by atoms with van der Waals surface area (Å²) in [5, 5.41) is 3.00. The predicted molar refractivity (Wildman–Crippen MR) is 94.3 cm³/mol. The van der Waals surface area contributed by atoms with Crippen LogP contribution < -0.4 is 5.32 Å². The van der Waals surface area contributed by atoms with Crippen molar-refractivity contribution >= 4 is 21.8 Å². The summed E-state index contributed by atoms with van der Waals surface area (Å²) in [5.74, 6) is 1.28. The van der Waals surface area contributed by atoms with Gasteiger partial charge in [-0.3, -0.25) is 9.79 Å². The van der Waals surface area contributed by atoms with Gasteiger partial charge in [0, 0.05) is 19.0 Å². The number of hydrogen-bond donors (Lipinski definition) is 1. The molecule has 1 saturated carbocycles. The van der Waals surface area contributed by atoms with Crippen LogP contribution in [0, 0.1) is 5.92 Å². The lowest BCUT2D eigenvalue weighted by molar-refractivity contribution is -0.125. The van der Waals surface area contributed by atoms with Crippen molar-refractivity contribution in [3.05, 3.63) is 12.7 Å². The van der Waals surface area contributed by atoms with Gasteiger partial charge in [-0.25, -0.2) is 12.7 Å². The van der Waals surface area contributed by atoms with E-state index in [4.69, 9.17) is 4.99 Å². The number of amides is 1. The first-order valence-electron chi connectivity index (χ1n) is 8.97. The Morgan fingerprint density at radius 3 is 2.54 bits per heavy atom. The van der Waals surface area contributed by atoms with Crippen molar-refractivity contribution in [1.29, 1.82) is 0 Å². The molecule has 1 saturated heterocycles. The smallest absolute Gasteiger partial charge is 0.253 e. The van der Waals surface area contributed by atoms with Gasteiger partial charge in [-0.2, -0.15) is 0 Å². The third kappa shape index (κ3) is 3.42. The summed E-state index contributed by atoms with van der Waals surface area (Å²) in [7, 11) is -3.26. The second-order valence-electron chi connectivity index (χ2n) is 7.11. The van der Waals surface area contributed by atoms with Crippen LogP contribution in [0.5, 0.6) is 0 Å². The van der Waals surface area contributed by atoms with Crippen LogP contribution in [-0.2, 0) is 14.8 Å². The molecule has 1 amide bonds. The molecule has 0 unspecified atom stereocenters. The standard InChI is InChI=1S/C17H27N3O3S/c1-2-3-13-24(22,23)20-11-9-17(10-12-20)16(21)18-15(19-17)14-7-5-4-6-8-14/h2,14H,1,3-13H2,(H,18,19,21). The van der Waals surface area contributed by atoms with Gasteiger partial charge in [0.25, 0.3) is 5.91 Å². The first-order chi connectivity index (χ1) is 11.5. The molecule has 6 nitrogen and oxygen atoms in total. The van der Waals surface area contributed by atoms with Crippen LogP contribution in [0.3, 0.4) is 0 Å². The lowest BCUT2D eigenvalue weighted by Gasteiger charge is -2.34. The van der Waals surface area contributed by atoms with E-state index in [1.54, 1.807) is 6.08 Å². The Balaban J connectivity index is 1.67. The normalized spacial score (nSPS) is 25.5. The third-order valence-corrected chi connectivity index (χ3v) is 7.42. The van der Waals surface area contributed by atoms with Crippen LogP contribution in [0.1, 0.15) is 51.4 Å². The average molecular weight is 353 g/mol. The van der Waals surface area contributed by atoms with Gasteiger partial charge in [0.2, 0.25) is 10.0 Å². The monoisotopic (exact) mass is 353 g/mol. The molecule has 3 rings (SSSR count). The molecular formula is C17H27N3O3S. The number of sulfonamides is 1. The number of piperidine rings is 1. The second kappa shape index (κ2) is 6.96. The molecule has 0 aromatic heterocycles. The van der Waals surface area contributed by atoms with Gasteiger partial charge in [-0.1, -0.05) is 25.3 Å². The number of hydrogen-bond acceptors (Lipinski definition) is 4. The fraction of sp³-hybridized carbons (Fsp3) is 0.765. The lowest BCUT2D eigenvalue weighted by atomic mass is 9.88. The average Bonchev–Trinajstić information content (AvgIpc) is 2.91. The minimum absolute atomic E-state index is 0.0359. The molecule has 0 aromatic rings. The zero-order valence-corrected chi connectivity index (χ0v) is 15.0. The Morgan fingerprint density at radius 1 is 1.25 bits per heavy atom. The molecule has 0 bridgehead atoms. The van der Waals surface area contributed by atoms with E-state index >= 15 is 0 Å². The second-order valence-corrected chi connectivity index (χ2v) is 9.20. The van der Waals surface area contributed by atoms with Crippen molar-refractivity contribution in [1.82, 2.24) is 9.62 Å². The summed E-state index contributed by atoms with van der Waals surface area (Å²) in [6.07, 6.45) is 8.87. The van der Waals surface area contributed by atoms with Crippen molar-refractivity contribution < 1.29 is 13.2 Å². The Morgan fingerprint density at radius 2 is 1.92 bits per heavy atom. The number of carbonyl (C=O) groups excluding carboxylic acids is 1. The summed E-state index contributed by atoms with van der Waals surface area (Å²) < 4.78 is 26.1. The number of nitrogens with zero attached hydrogens (tertiary/aromatic N) is 2. The molecule has 0 aromatic carbocycles. The molecule has 3 aliphatic rings. The van der Waals surface area contributed by atoms with Crippen LogP contribution in [0.2, 0.25) is 0 Å². The molecule has 1 N–H and O–H groups in total. The maximum atomic E-state index is 12.5. The van der Waals surface area contributed by atoms with Gasteiger partial charge in [0.1, 0.15) is 11.4 Å². The number of aliphatic imine (C=N–C) groups is 1. The Labute approximate surface area is 144 Å². The van der Waals surface area contributed by atoms with E-state index in [-0.39, 0.29) is 11.7 Å². The van der Waals surface area contributed by atoms with Gasteiger partial charge in [0.15, 0.2) is 0 Å². The maximum absolute atomic E-state index is 12.5. The number of amidine groups is 1. The van der Waals surface area contributed by atoms with Crippen LogP contribution in [-0.4, -0.2) is 48.8 Å². The van der Waals surface area contributed by atoms with Gasteiger partial charge in [-0.15, -0.1) is 6.58 Å². The van der Waals surface area contributed by atoms with Gasteiger partial charge in [-0.05, 0) is 32.1 Å². The highest BCUT2D eigenvalue weighted by Gasteiger charge is 2.48. The highest BCUT2D eigenvalue weighted by atomic mass is 32.2.